The average Bonchev–Trinajstić information content (AvgIpc) is 3.24. The number of nitrogens with one attached hydrogen (secondary N) is 2. The molecular weight excluding hydrogens is 374 g/mol. The number of fused-ring (bicyclic) bond motifs is 2. The number of carbonyl (C=O) groups excluding carboxylic acids is 1. The molecule has 30 heavy (non-hydrogen) atoms. The SMILES string of the molecule is Cc1ccc(Nc2nn(-c3nc4ccccc4[nH]3)c3c2C(=O)CC(C)(C)C3)c(C)c1. The number of anilines is 2. The third kappa shape index (κ3) is 3.09. The van der Waals surface area contributed by atoms with Gasteiger partial charge in [0.25, 0.3) is 0 Å². The summed E-state index contributed by atoms with van der Waals surface area (Å²) in [6.07, 6.45) is 1.26. The Bertz CT molecular complexity index is 1260. The number of para-hydroxylation sites is 2. The molecule has 0 spiro atoms. The van der Waals surface area contributed by atoms with Gasteiger partial charge in [-0.05, 0) is 49.4 Å². The molecule has 1 aliphatic carbocycles. The lowest BCUT2D eigenvalue weighted by Crippen LogP contribution is -2.28. The second kappa shape index (κ2) is 6.55. The standard InChI is InChI=1S/C24H25N5O/c1-14-9-10-16(15(2)11-14)25-22-21-19(12-24(3,4)13-20(21)30)29(28-22)23-26-17-7-5-6-8-18(17)27-23/h5-11H,12-13H2,1-4H3,(H,25,28)(H,26,27). The summed E-state index contributed by atoms with van der Waals surface area (Å²) in [5.74, 6) is 1.35. The lowest BCUT2D eigenvalue weighted by molar-refractivity contribution is 0.0911. The number of ketones is 1. The smallest absolute Gasteiger partial charge is 0.229 e. The number of aryl methyl sites for hydroxylation is 2. The van der Waals surface area contributed by atoms with Crippen LogP contribution in [-0.4, -0.2) is 25.5 Å². The zero-order valence-electron chi connectivity index (χ0n) is 17.7. The van der Waals surface area contributed by atoms with Crippen LogP contribution in [0, 0.1) is 19.3 Å². The Morgan fingerprint density at radius 3 is 2.67 bits per heavy atom. The van der Waals surface area contributed by atoms with Gasteiger partial charge in [0, 0.05) is 12.1 Å². The van der Waals surface area contributed by atoms with Crippen LogP contribution >= 0.6 is 0 Å². The molecule has 0 saturated carbocycles. The van der Waals surface area contributed by atoms with Crippen molar-refractivity contribution in [3.05, 3.63) is 64.8 Å². The van der Waals surface area contributed by atoms with Gasteiger partial charge in [-0.3, -0.25) is 4.79 Å². The molecule has 0 amide bonds. The lowest BCUT2D eigenvalue weighted by Gasteiger charge is -2.28. The number of H-pyrrole nitrogens is 1. The molecule has 0 saturated heterocycles. The summed E-state index contributed by atoms with van der Waals surface area (Å²) in [4.78, 5) is 21.2. The number of carbonyl (C=O) groups is 1. The fraction of sp³-hybridized carbons (Fsp3) is 0.292. The van der Waals surface area contributed by atoms with Gasteiger partial charge in [0.05, 0.1) is 22.3 Å². The maximum absolute atomic E-state index is 13.1. The number of aromatic nitrogens is 4. The molecule has 6 heteroatoms. The van der Waals surface area contributed by atoms with Crippen LogP contribution < -0.4 is 5.32 Å². The van der Waals surface area contributed by atoms with E-state index in [-0.39, 0.29) is 11.2 Å². The number of Topliss-reactive ketones (excluding diaryl/α,β-unsaturated/α-hetero) is 1. The Morgan fingerprint density at radius 2 is 1.90 bits per heavy atom. The van der Waals surface area contributed by atoms with Gasteiger partial charge in [-0.2, -0.15) is 0 Å². The minimum atomic E-state index is -0.120. The van der Waals surface area contributed by atoms with Crippen molar-refractivity contribution in [1.29, 1.82) is 0 Å². The predicted octanol–water partition coefficient (Wildman–Crippen LogP) is 5.26. The number of rotatable bonds is 3. The Balaban J connectivity index is 1.67. The zero-order chi connectivity index (χ0) is 21.0. The Morgan fingerprint density at radius 1 is 1.10 bits per heavy atom. The summed E-state index contributed by atoms with van der Waals surface area (Å²) >= 11 is 0. The van der Waals surface area contributed by atoms with Crippen molar-refractivity contribution in [1.82, 2.24) is 19.7 Å². The van der Waals surface area contributed by atoms with E-state index in [0.717, 1.165) is 34.4 Å². The first-order valence-corrected chi connectivity index (χ1v) is 10.3. The van der Waals surface area contributed by atoms with E-state index in [9.17, 15) is 4.79 Å². The van der Waals surface area contributed by atoms with Crippen LogP contribution in [0.4, 0.5) is 11.5 Å². The number of nitrogens with zero attached hydrogens (tertiary/aromatic N) is 3. The first kappa shape index (κ1) is 18.6. The summed E-state index contributed by atoms with van der Waals surface area (Å²) in [5, 5.41) is 8.24. The van der Waals surface area contributed by atoms with Crippen LogP contribution in [0.3, 0.4) is 0 Å². The van der Waals surface area contributed by atoms with Gasteiger partial charge < -0.3 is 10.3 Å². The minimum Gasteiger partial charge on any atom is -0.338 e. The number of imidazole rings is 1. The minimum absolute atomic E-state index is 0.120. The molecule has 2 N–H and O–H groups in total. The molecule has 4 aromatic rings. The Hall–Kier alpha value is -3.41. The molecule has 0 radical (unpaired) electrons. The third-order valence-electron chi connectivity index (χ3n) is 5.76. The molecule has 0 unspecified atom stereocenters. The monoisotopic (exact) mass is 399 g/mol. The maximum Gasteiger partial charge on any atom is 0.229 e. The third-order valence-corrected chi connectivity index (χ3v) is 5.76. The van der Waals surface area contributed by atoms with Crippen molar-refractivity contribution in [3.8, 4) is 5.95 Å². The van der Waals surface area contributed by atoms with Gasteiger partial charge in [0.2, 0.25) is 5.95 Å². The van der Waals surface area contributed by atoms with E-state index in [4.69, 9.17) is 10.1 Å². The molecule has 0 bridgehead atoms. The van der Waals surface area contributed by atoms with Crippen LogP contribution in [0.15, 0.2) is 42.5 Å². The molecule has 152 valence electrons. The highest BCUT2D eigenvalue weighted by atomic mass is 16.1. The summed E-state index contributed by atoms with van der Waals surface area (Å²) in [6.45, 7) is 8.38. The van der Waals surface area contributed by atoms with E-state index in [1.54, 1.807) is 4.68 Å². The summed E-state index contributed by atoms with van der Waals surface area (Å²) in [7, 11) is 0. The average molecular weight is 399 g/mol. The van der Waals surface area contributed by atoms with E-state index < -0.39 is 0 Å². The van der Waals surface area contributed by atoms with E-state index in [0.29, 0.717) is 23.8 Å². The first-order valence-electron chi connectivity index (χ1n) is 10.3. The van der Waals surface area contributed by atoms with Crippen molar-refractivity contribution in [2.45, 2.75) is 40.5 Å². The quantitative estimate of drug-likeness (QED) is 0.492. The molecule has 1 aliphatic rings. The molecule has 5 rings (SSSR count). The Labute approximate surface area is 175 Å². The van der Waals surface area contributed by atoms with E-state index in [1.165, 1.54) is 5.56 Å². The van der Waals surface area contributed by atoms with E-state index in [1.807, 2.05) is 30.3 Å². The molecule has 0 aliphatic heterocycles. The van der Waals surface area contributed by atoms with Crippen LogP contribution in [0.25, 0.3) is 17.0 Å². The summed E-state index contributed by atoms with van der Waals surface area (Å²) in [6, 6.07) is 14.1. The number of hydrogen-bond donors (Lipinski definition) is 2. The first-order chi connectivity index (χ1) is 14.3. The van der Waals surface area contributed by atoms with Gasteiger partial charge in [0.15, 0.2) is 11.6 Å². The number of benzene rings is 2. The van der Waals surface area contributed by atoms with Gasteiger partial charge in [-0.15, -0.1) is 5.10 Å². The van der Waals surface area contributed by atoms with Gasteiger partial charge in [-0.25, -0.2) is 9.67 Å². The molecular formula is C24H25N5O. The second-order valence-electron chi connectivity index (χ2n) is 9.04. The van der Waals surface area contributed by atoms with Crippen LogP contribution in [0.1, 0.15) is 47.4 Å². The normalized spacial score (nSPS) is 15.4. The maximum atomic E-state index is 13.1. The molecule has 6 nitrogen and oxygen atoms in total. The van der Waals surface area contributed by atoms with Gasteiger partial charge in [-0.1, -0.05) is 43.7 Å². The van der Waals surface area contributed by atoms with Crippen molar-refractivity contribution in [2.24, 2.45) is 5.41 Å². The highest BCUT2D eigenvalue weighted by molar-refractivity contribution is 6.03. The lowest BCUT2D eigenvalue weighted by atomic mass is 9.76. The highest BCUT2D eigenvalue weighted by Gasteiger charge is 2.37. The van der Waals surface area contributed by atoms with Crippen LogP contribution in [0.2, 0.25) is 0 Å². The topological polar surface area (TPSA) is 75.6 Å². The summed E-state index contributed by atoms with van der Waals surface area (Å²) in [5.41, 5.74) is 6.55. The van der Waals surface area contributed by atoms with Crippen molar-refractivity contribution in [3.63, 3.8) is 0 Å². The van der Waals surface area contributed by atoms with E-state index >= 15 is 0 Å². The van der Waals surface area contributed by atoms with Crippen molar-refractivity contribution in [2.75, 3.05) is 5.32 Å². The van der Waals surface area contributed by atoms with Gasteiger partial charge in [0.1, 0.15) is 0 Å². The Kier molecular flexibility index (Phi) is 4.07. The molecule has 2 aromatic heterocycles. The molecule has 2 heterocycles. The van der Waals surface area contributed by atoms with Gasteiger partial charge >= 0.3 is 0 Å². The predicted molar refractivity (Wildman–Crippen MR) is 119 cm³/mol. The fourth-order valence-electron chi connectivity index (χ4n) is 4.33. The van der Waals surface area contributed by atoms with E-state index in [2.05, 4.69) is 50.1 Å². The van der Waals surface area contributed by atoms with Crippen LogP contribution in [-0.2, 0) is 6.42 Å². The largest absolute Gasteiger partial charge is 0.338 e. The van der Waals surface area contributed by atoms with Crippen molar-refractivity contribution < 1.29 is 4.79 Å². The number of aromatic amines is 1. The summed E-state index contributed by atoms with van der Waals surface area (Å²) < 4.78 is 1.81. The highest BCUT2D eigenvalue weighted by Crippen LogP contribution is 2.39. The molecule has 0 atom stereocenters. The van der Waals surface area contributed by atoms with Crippen molar-refractivity contribution >= 4 is 28.3 Å². The van der Waals surface area contributed by atoms with Crippen LogP contribution in [0.5, 0.6) is 0 Å². The fourth-order valence-corrected chi connectivity index (χ4v) is 4.33. The molecule has 0 fully saturated rings. The zero-order valence-corrected chi connectivity index (χ0v) is 17.7. The molecule has 2 aromatic carbocycles. The number of hydrogen-bond acceptors (Lipinski definition) is 4. The second-order valence-corrected chi connectivity index (χ2v) is 9.04.